The van der Waals surface area contributed by atoms with E-state index in [2.05, 4.69) is 27.0 Å². The van der Waals surface area contributed by atoms with Crippen molar-refractivity contribution in [2.75, 3.05) is 38.1 Å². The van der Waals surface area contributed by atoms with Crippen LogP contribution in [0.4, 0.5) is 5.95 Å². The fraction of sp³-hybridized carbons (Fsp3) is 0.818. The zero-order chi connectivity index (χ0) is 12.3. The van der Waals surface area contributed by atoms with E-state index >= 15 is 0 Å². The van der Waals surface area contributed by atoms with Crippen molar-refractivity contribution in [1.82, 2.24) is 15.0 Å². The molecule has 1 aromatic rings. The van der Waals surface area contributed by atoms with E-state index in [1.165, 1.54) is 0 Å². The van der Waals surface area contributed by atoms with Crippen molar-refractivity contribution in [3.8, 4) is 0 Å². The number of hydrogen-bond acceptors (Lipinski definition) is 6. The number of hydrogen-bond donors (Lipinski definition) is 1. The first-order valence-corrected chi connectivity index (χ1v) is 6.09. The van der Waals surface area contributed by atoms with Crippen LogP contribution in [0.1, 0.15) is 19.2 Å². The Kier molecular flexibility index (Phi) is 3.96. The van der Waals surface area contributed by atoms with Crippen LogP contribution in [-0.2, 0) is 6.42 Å². The smallest absolute Gasteiger partial charge is 0.266 e. The maximum atomic E-state index is 9.19. The van der Waals surface area contributed by atoms with Crippen molar-refractivity contribution in [2.24, 2.45) is 0 Å². The minimum Gasteiger partial charge on any atom is -0.393 e. The Labute approximate surface area is 101 Å². The number of rotatable bonds is 4. The average molecular weight is 240 g/mol. The van der Waals surface area contributed by atoms with E-state index < -0.39 is 0 Å². The molecule has 1 fully saturated rings. The first kappa shape index (κ1) is 12.3. The lowest BCUT2D eigenvalue weighted by atomic mass is 10.2. The van der Waals surface area contributed by atoms with Gasteiger partial charge in [0.15, 0.2) is 0 Å². The molecule has 0 saturated carbocycles. The van der Waals surface area contributed by atoms with Crippen molar-refractivity contribution in [3.05, 3.63) is 5.89 Å². The van der Waals surface area contributed by atoms with Gasteiger partial charge in [-0.3, -0.25) is 0 Å². The Hall–Kier alpha value is -1.14. The molecule has 96 valence electrons. The quantitative estimate of drug-likeness (QED) is 0.807. The van der Waals surface area contributed by atoms with Gasteiger partial charge < -0.3 is 19.4 Å². The molecule has 0 aromatic carbocycles. The third kappa shape index (κ3) is 3.41. The molecular formula is C11H20N4O2. The molecule has 1 unspecified atom stereocenters. The van der Waals surface area contributed by atoms with Gasteiger partial charge in [0.2, 0.25) is 5.89 Å². The summed E-state index contributed by atoms with van der Waals surface area (Å²) in [5.41, 5.74) is 0. The van der Waals surface area contributed by atoms with Gasteiger partial charge in [0.25, 0.3) is 5.95 Å². The third-order valence-corrected chi connectivity index (χ3v) is 3.02. The molecule has 2 heterocycles. The number of anilines is 1. The molecule has 0 aliphatic carbocycles. The van der Waals surface area contributed by atoms with Crippen LogP contribution in [0.5, 0.6) is 0 Å². The minimum absolute atomic E-state index is 0.325. The Balaban J connectivity index is 1.89. The summed E-state index contributed by atoms with van der Waals surface area (Å²) in [5, 5.41) is 13.2. The van der Waals surface area contributed by atoms with Gasteiger partial charge in [-0.2, -0.15) is 4.98 Å². The summed E-state index contributed by atoms with van der Waals surface area (Å²) in [7, 11) is 2.11. The van der Waals surface area contributed by atoms with Crippen LogP contribution in [0.15, 0.2) is 4.52 Å². The van der Waals surface area contributed by atoms with Crippen LogP contribution in [0.2, 0.25) is 0 Å². The lowest BCUT2D eigenvalue weighted by Crippen LogP contribution is -2.44. The van der Waals surface area contributed by atoms with E-state index in [1.54, 1.807) is 6.92 Å². The summed E-state index contributed by atoms with van der Waals surface area (Å²) in [6.45, 7) is 5.69. The third-order valence-electron chi connectivity index (χ3n) is 3.02. The Morgan fingerprint density at radius 3 is 2.71 bits per heavy atom. The van der Waals surface area contributed by atoms with Gasteiger partial charge in [-0.15, -0.1) is 0 Å². The number of nitrogens with zero attached hydrogens (tertiary/aromatic N) is 4. The number of aromatic nitrogens is 2. The molecule has 1 N–H and O–H groups in total. The molecule has 2 rings (SSSR count). The van der Waals surface area contributed by atoms with E-state index in [-0.39, 0.29) is 6.10 Å². The first-order valence-electron chi connectivity index (χ1n) is 6.09. The molecule has 6 heteroatoms. The number of aliphatic hydroxyl groups is 1. The predicted octanol–water partition coefficient (Wildman–Crippen LogP) is 0.135. The van der Waals surface area contributed by atoms with E-state index in [0.29, 0.717) is 24.7 Å². The highest BCUT2D eigenvalue weighted by molar-refractivity contribution is 5.28. The van der Waals surface area contributed by atoms with Crippen LogP contribution in [0.3, 0.4) is 0 Å². The van der Waals surface area contributed by atoms with E-state index in [4.69, 9.17) is 4.52 Å². The maximum Gasteiger partial charge on any atom is 0.266 e. The van der Waals surface area contributed by atoms with E-state index in [1.807, 2.05) is 0 Å². The molecule has 0 amide bonds. The van der Waals surface area contributed by atoms with Crippen LogP contribution in [0.25, 0.3) is 0 Å². The first-order chi connectivity index (χ1) is 8.15. The number of piperazine rings is 1. The monoisotopic (exact) mass is 240 g/mol. The summed E-state index contributed by atoms with van der Waals surface area (Å²) >= 11 is 0. The molecule has 1 aliphatic heterocycles. The van der Waals surface area contributed by atoms with Crippen LogP contribution < -0.4 is 4.90 Å². The molecule has 1 saturated heterocycles. The maximum absolute atomic E-state index is 9.19. The summed E-state index contributed by atoms with van der Waals surface area (Å²) in [6, 6.07) is 0. The molecule has 0 radical (unpaired) electrons. The van der Waals surface area contributed by atoms with Gasteiger partial charge >= 0.3 is 0 Å². The molecular weight excluding hydrogens is 220 g/mol. The molecule has 6 nitrogen and oxygen atoms in total. The van der Waals surface area contributed by atoms with Gasteiger partial charge in [0.05, 0.1) is 6.10 Å². The molecule has 1 aromatic heterocycles. The van der Waals surface area contributed by atoms with Crippen molar-refractivity contribution in [1.29, 1.82) is 0 Å². The van der Waals surface area contributed by atoms with Crippen LogP contribution in [0, 0.1) is 0 Å². The standard InChI is InChI=1S/C11H20N4O2/c1-9(16)3-4-10-12-11(13-17-10)15-7-5-14(2)6-8-15/h9,16H,3-8H2,1-2H3. The molecule has 1 atom stereocenters. The second-order valence-electron chi connectivity index (χ2n) is 4.67. The summed E-state index contributed by atoms with van der Waals surface area (Å²) < 4.78 is 5.17. The highest BCUT2D eigenvalue weighted by Crippen LogP contribution is 2.13. The number of aryl methyl sites for hydroxylation is 1. The fourth-order valence-electron chi connectivity index (χ4n) is 1.81. The second kappa shape index (κ2) is 5.46. The SMILES string of the molecule is CC(O)CCc1nc(N2CCN(C)CC2)no1. The Bertz CT molecular complexity index is 345. The summed E-state index contributed by atoms with van der Waals surface area (Å²) in [6.07, 6.45) is 0.969. The van der Waals surface area contributed by atoms with Gasteiger partial charge in [0, 0.05) is 32.6 Å². The zero-order valence-corrected chi connectivity index (χ0v) is 10.5. The Morgan fingerprint density at radius 1 is 1.35 bits per heavy atom. The van der Waals surface area contributed by atoms with Crippen molar-refractivity contribution >= 4 is 5.95 Å². The minimum atomic E-state index is -0.325. The molecule has 17 heavy (non-hydrogen) atoms. The van der Waals surface area contributed by atoms with Crippen LogP contribution in [-0.4, -0.2) is 59.5 Å². The lowest BCUT2D eigenvalue weighted by molar-refractivity contribution is 0.180. The van der Waals surface area contributed by atoms with Gasteiger partial charge in [0.1, 0.15) is 0 Å². The van der Waals surface area contributed by atoms with Crippen molar-refractivity contribution in [3.63, 3.8) is 0 Å². The summed E-state index contributed by atoms with van der Waals surface area (Å²) in [4.78, 5) is 8.77. The Morgan fingerprint density at radius 2 is 2.06 bits per heavy atom. The summed E-state index contributed by atoms with van der Waals surface area (Å²) in [5.74, 6) is 1.29. The van der Waals surface area contributed by atoms with Crippen LogP contribution >= 0.6 is 0 Å². The van der Waals surface area contributed by atoms with Gasteiger partial charge in [-0.1, -0.05) is 0 Å². The highest BCUT2D eigenvalue weighted by atomic mass is 16.5. The highest BCUT2D eigenvalue weighted by Gasteiger charge is 2.18. The second-order valence-corrected chi connectivity index (χ2v) is 4.67. The number of aliphatic hydroxyl groups excluding tert-OH is 1. The molecule has 0 spiro atoms. The predicted molar refractivity (Wildman–Crippen MR) is 64.0 cm³/mol. The van der Waals surface area contributed by atoms with Crippen molar-refractivity contribution in [2.45, 2.75) is 25.9 Å². The van der Waals surface area contributed by atoms with E-state index in [0.717, 1.165) is 26.2 Å². The zero-order valence-electron chi connectivity index (χ0n) is 10.5. The van der Waals surface area contributed by atoms with E-state index in [9.17, 15) is 5.11 Å². The topological polar surface area (TPSA) is 65.6 Å². The fourth-order valence-corrected chi connectivity index (χ4v) is 1.81. The lowest BCUT2D eigenvalue weighted by Gasteiger charge is -2.31. The van der Waals surface area contributed by atoms with Gasteiger partial charge in [-0.05, 0) is 25.5 Å². The normalized spacial score (nSPS) is 19.6. The molecule has 1 aliphatic rings. The average Bonchev–Trinajstić information content (AvgIpc) is 2.76. The number of likely N-dealkylation sites (N-methyl/N-ethyl adjacent to an activating group) is 1. The van der Waals surface area contributed by atoms with Crippen molar-refractivity contribution < 1.29 is 9.63 Å². The largest absolute Gasteiger partial charge is 0.393 e. The van der Waals surface area contributed by atoms with Gasteiger partial charge in [-0.25, -0.2) is 0 Å². The molecule has 0 bridgehead atoms.